The van der Waals surface area contributed by atoms with Crippen LogP contribution >= 0.6 is 0 Å². The third kappa shape index (κ3) is 3.52. The van der Waals surface area contributed by atoms with Gasteiger partial charge in [0.25, 0.3) is 0 Å². The van der Waals surface area contributed by atoms with Gasteiger partial charge < -0.3 is 15.2 Å². The molecule has 6 heteroatoms. The number of rotatable bonds is 4. The minimum atomic E-state index is -1.41. The molecule has 0 aromatic heterocycles. The van der Waals surface area contributed by atoms with Gasteiger partial charge in [-0.05, 0) is 25.0 Å². The van der Waals surface area contributed by atoms with Crippen LogP contribution in [0.4, 0.5) is 8.78 Å². The number of aliphatic hydroxyl groups excluding tert-OH is 1. The van der Waals surface area contributed by atoms with E-state index in [1.54, 1.807) is 0 Å². The molecule has 0 unspecified atom stereocenters. The molecule has 0 radical (unpaired) electrons. The molecule has 1 saturated heterocycles. The number of carbonyl (C=O) groups excluding carboxylic acids is 1. The van der Waals surface area contributed by atoms with Crippen molar-refractivity contribution in [3.63, 3.8) is 0 Å². The molecule has 0 spiro atoms. The molecule has 2 rings (SSSR count). The summed E-state index contributed by atoms with van der Waals surface area (Å²) < 4.78 is 32.1. The summed E-state index contributed by atoms with van der Waals surface area (Å²) in [6, 6.07) is 3.36. The maximum Gasteiger partial charge on any atom is 0.225 e. The van der Waals surface area contributed by atoms with Crippen molar-refractivity contribution in [2.45, 2.75) is 18.9 Å². The van der Waals surface area contributed by atoms with Gasteiger partial charge in [-0.2, -0.15) is 0 Å². The zero-order valence-corrected chi connectivity index (χ0v) is 10.9. The van der Waals surface area contributed by atoms with Crippen LogP contribution in [-0.2, 0) is 9.53 Å². The minimum Gasteiger partial charge on any atom is -0.386 e. The molecule has 1 aliphatic rings. The van der Waals surface area contributed by atoms with Crippen LogP contribution in [0.2, 0.25) is 0 Å². The second-order valence-electron chi connectivity index (χ2n) is 4.81. The zero-order valence-electron chi connectivity index (χ0n) is 10.9. The number of amides is 1. The lowest BCUT2D eigenvalue weighted by molar-refractivity contribution is -0.129. The Kier molecular flexibility index (Phi) is 5.03. The van der Waals surface area contributed by atoms with Gasteiger partial charge in [0.1, 0.15) is 17.7 Å². The van der Waals surface area contributed by atoms with Crippen molar-refractivity contribution in [3.05, 3.63) is 35.4 Å². The number of carbonyl (C=O) groups is 1. The Bertz CT molecular complexity index is 455. The van der Waals surface area contributed by atoms with E-state index in [2.05, 4.69) is 5.32 Å². The summed E-state index contributed by atoms with van der Waals surface area (Å²) in [5, 5.41) is 12.3. The van der Waals surface area contributed by atoms with Crippen LogP contribution in [0, 0.1) is 17.6 Å². The fraction of sp³-hybridized carbons (Fsp3) is 0.500. The highest BCUT2D eigenvalue weighted by Crippen LogP contribution is 2.20. The maximum atomic E-state index is 13.4. The van der Waals surface area contributed by atoms with E-state index in [0.29, 0.717) is 13.2 Å². The molecule has 20 heavy (non-hydrogen) atoms. The fourth-order valence-electron chi connectivity index (χ4n) is 2.22. The van der Waals surface area contributed by atoms with E-state index in [9.17, 15) is 18.7 Å². The fourth-order valence-corrected chi connectivity index (χ4v) is 2.22. The predicted molar refractivity (Wildman–Crippen MR) is 67.9 cm³/mol. The lowest BCUT2D eigenvalue weighted by atomic mass is 10.0. The molecule has 1 aromatic carbocycles. The van der Waals surface area contributed by atoms with Crippen LogP contribution in [0.3, 0.4) is 0 Å². The van der Waals surface area contributed by atoms with Crippen LogP contribution < -0.4 is 5.32 Å². The molecular formula is C14H17F2NO3. The number of benzene rings is 1. The van der Waals surface area contributed by atoms with Crippen LogP contribution in [0.5, 0.6) is 0 Å². The smallest absolute Gasteiger partial charge is 0.225 e. The highest BCUT2D eigenvalue weighted by atomic mass is 19.1. The van der Waals surface area contributed by atoms with Crippen LogP contribution in [0.25, 0.3) is 0 Å². The molecule has 0 bridgehead atoms. The first kappa shape index (κ1) is 14.9. The molecule has 110 valence electrons. The van der Waals surface area contributed by atoms with Crippen molar-refractivity contribution in [1.29, 1.82) is 0 Å². The quantitative estimate of drug-likeness (QED) is 0.882. The molecule has 2 N–H and O–H groups in total. The average Bonchev–Trinajstić information content (AvgIpc) is 2.45. The topological polar surface area (TPSA) is 58.6 Å². The third-order valence-corrected chi connectivity index (χ3v) is 3.33. The van der Waals surface area contributed by atoms with Crippen LogP contribution in [0.15, 0.2) is 18.2 Å². The molecule has 1 heterocycles. The van der Waals surface area contributed by atoms with Gasteiger partial charge in [-0.3, -0.25) is 4.79 Å². The Morgan fingerprint density at radius 1 is 1.45 bits per heavy atom. The number of halogens is 2. The Labute approximate surface area is 115 Å². The number of hydrogen-bond donors (Lipinski definition) is 2. The van der Waals surface area contributed by atoms with Gasteiger partial charge in [0.05, 0.1) is 18.1 Å². The molecule has 1 fully saturated rings. The Hall–Kier alpha value is -1.53. The molecule has 0 aliphatic carbocycles. The number of aliphatic hydroxyl groups is 1. The summed E-state index contributed by atoms with van der Waals surface area (Å²) in [5.74, 6) is -2.18. The highest BCUT2D eigenvalue weighted by molar-refractivity contribution is 5.78. The molecule has 2 atom stereocenters. The lowest BCUT2D eigenvalue weighted by Crippen LogP contribution is -2.37. The van der Waals surface area contributed by atoms with Crippen molar-refractivity contribution in [2.75, 3.05) is 19.8 Å². The first-order valence-corrected chi connectivity index (χ1v) is 6.57. The Morgan fingerprint density at radius 2 is 2.15 bits per heavy atom. The van der Waals surface area contributed by atoms with E-state index in [1.165, 1.54) is 6.07 Å². The van der Waals surface area contributed by atoms with Gasteiger partial charge in [0.15, 0.2) is 0 Å². The van der Waals surface area contributed by atoms with Crippen LogP contribution in [0.1, 0.15) is 24.5 Å². The maximum absolute atomic E-state index is 13.4. The summed E-state index contributed by atoms with van der Waals surface area (Å²) >= 11 is 0. The van der Waals surface area contributed by atoms with Crippen LogP contribution in [-0.4, -0.2) is 30.8 Å². The molecule has 1 amide bonds. The van der Waals surface area contributed by atoms with Crippen molar-refractivity contribution in [3.8, 4) is 0 Å². The Morgan fingerprint density at radius 3 is 2.75 bits per heavy atom. The van der Waals surface area contributed by atoms with E-state index >= 15 is 0 Å². The molecule has 0 saturated carbocycles. The second-order valence-corrected chi connectivity index (χ2v) is 4.81. The van der Waals surface area contributed by atoms with Gasteiger partial charge in [0, 0.05) is 13.2 Å². The van der Waals surface area contributed by atoms with E-state index in [1.807, 2.05) is 0 Å². The summed E-state index contributed by atoms with van der Waals surface area (Å²) in [5.41, 5.74) is -0.423. The van der Waals surface area contributed by atoms with Gasteiger partial charge >= 0.3 is 0 Å². The van der Waals surface area contributed by atoms with E-state index in [-0.39, 0.29) is 18.4 Å². The third-order valence-electron chi connectivity index (χ3n) is 3.33. The summed E-state index contributed by atoms with van der Waals surface area (Å²) in [6.07, 6.45) is 0.114. The summed E-state index contributed by atoms with van der Waals surface area (Å²) in [7, 11) is 0. The van der Waals surface area contributed by atoms with E-state index < -0.39 is 23.3 Å². The van der Waals surface area contributed by atoms with Gasteiger partial charge in [-0.15, -0.1) is 0 Å². The normalized spacial score (nSPS) is 20.4. The molecule has 4 nitrogen and oxygen atoms in total. The SMILES string of the molecule is O=C(NC[C@@H](O)c1c(F)cccc1F)[C@@H]1CCCOC1. The first-order valence-electron chi connectivity index (χ1n) is 6.57. The molecule has 1 aromatic rings. The van der Waals surface area contributed by atoms with Gasteiger partial charge in [-0.25, -0.2) is 8.78 Å². The first-order chi connectivity index (χ1) is 9.59. The highest BCUT2D eigenvalue weighted by Gasteiger charge is 2.23. The molecular weight excluding hydrogens is 268 g/mol. The van der Waals surface area contributed by atoms with Crippen molar-refractivity contribution in [2.24, 2.45) is 5.92 Å². The van der Waals surface area contributed by atoms with E-state index in [4.69, 9.17) is 4.74 Å². The summed E-state index contributed by atoms with van der Waals surface area (Å²) in [6.45, 7) is 0.760. The number of ether oxygens (including phenoxy) is 1. The average molecular weight is 285 g/mol. The zero-order chi connectivity index (χ0) is 14.5. The second kappa shape index (κ2) is 6.76. The number of nitrogens with one attached hydrogen (secondary N) is 1. The molecule has 1 aliphatic heterocycles. The predicted octanol–water partition coefficient (Wildman–Crippen LogP) is 1.54. The lowest BCUT2D eigenvalue weighted by Gasteiger charge is -2.22. The van der Waals surface area contributed by atoms with Gasteiger partial charge in [0.2, 0.25) is 5.91 Å². The van der Waals surface area contributed by atoms with Gasteiger partial charge in [-0.1, -0.05) is 6.07 Å². The minimum absolute atomic E-state index is 0.229. The van der Waals surface area contributed by atoms with Crippen molar-refractivity contribution >= 4 is 5.91 Å². The summed E-state index contributed by atoms with van der Waals surface area (Å²) in [4.78, 5) is 11.8. The number of hydrogen-bond acceptors (Lipinski definition) is 3. The van der Waals surface area contributed by atoms with Crippen molar-refractivity contribution in [1.82, 2.24) is 5.32 Å². The van der Waals surface area contributed by atoms with E-state index in [0.717, 1.165) is 25.0 Å². The standard InChI is InChI=1S/C14H17F2NO3/c15-10-4-1-5-11(16)13(10)12(18)7-17-14(19)9-3-2-6-20-8-9/h1,4-5,9,12,18H,2-3,6-8H2,(H,17,19)/t9-,12-/m1/s1. The Balaban J connectivity index is 1.91. The van der Waals surface area contributed by atoms with Crippen molar-refractivity contribution < 1.29 is 23.4 Å². The monoisotopic (exact) mass is 285 g/mol. The largest absolute Gasteiger partial charge is 0.386 e.